The van der Waals surface area contributed by atoms with Gasteiger partial charge in [0, 0.05) is 13.2 Å². The molecular weight excluding hydrogens is 713 g/mol. The van der Waals surface area contributed by atoms with Crippen LogP contribution in [-0.4, -0.2) is 84.7 Å². The summed E-state index contributed by atoms with van der Waals surface area (Å²) in [6, 6.07) is 33.1. The molecule has 0 aliphatic carbocycles. The van der Waals surface area contributed by atoms with Gasteiger partial charge in [-0.3, -0.25) is 0 Å². The number of hydrogen-bond acceptors (Lipinski definition) is 7. The van der Waals surface area contributed by atoms with Gasteiger partial charge in [-0.25, -0.2) is 0 Å². The highest BCUT2D eigenvalue weighted by molar-refractivity contribution is 6.34. The molecule has 9 heteroatoms. The molecule has 0 saturated carbocycles. The van der Waals surface area contributed by atoms with Gasteiger partial charge in [0.05, 0.1) is 54.6 Å². The first-order chi connectivity index (χ1) is 27.7. The highest BCUT2D eigenvalue weighted by Crippen LogP contribution is 2.25. The monoisotopic (exact) mass is 785 g/mol. The van der Waals surface area contributed by atoms with Crippen LogP contribution in [0.3, 0.4) is 0 Å². The van der Waals surface area contributed by atoms with Crippen LogP contribution in [-0.2, 0) is 35.0 Å². The Kier molecular flexibility index (Phi) is 22.3. The Balaban J connectivity index is 0.000000860. The molecule has 0 heterocycles. The van der Waals surface area contributed by atoms with Gasteiger partial charge in [-0.1, -0.05) is 48.5 Å². The Hall–Kier alpha value is -4.02. The third-order valence-corrected chi connectivity index (χ3v) is 11.5. The fraction of sp³-hybridized carbons (Fsp3) is 0.500. The van der Waals surface area contributed by atoms with E-state index in [1.165, 1.54) is 52.9 Å². The van der Waals surface area contributed by atoms with E-state index in [9.17, 15) is 5.02 Å². The van der Waals surface area contributed by atoms with Crippen molar-refractivity contribution in [3.63, 3.8) is 0 Å². The van der Waals surface area contributed by atoms with E-state index in [-0.39, 0.29) is 0 Å². The van der Waals surface area contributed by atoms with Gasteiger partial charge < -0.3 is 37.8 Å². The Morgan fingerprint density at radius 3 is 0.877 bits per heavy atom. The smallest absolute Gasteiger partial charge is 0.497 e. The summed E-state index contributed by atoms with van der Waals surface area (Å²) in [4.78, 5) is 0. The fourth-order valence-electron chi connectivity index (χ4n) is 7.43. The molecule has 4 rings (SSSR count). The highest BCUT2D eigenvalue weighted by atomic mass is 16.7. The lowest BCUT2D eigenvalue weighted by Crippen LogP contribution is -2.47. The maximum absolute atomic E-state index is 10.4. The van der Waals surface area contributed by atoms with Crippen LogP contribution in [0, 0.1) is 11.8 Å². The second kappa shape index (κ2) is 26.8. The number of hydrogen-bond donors (Lipinski definition) is 1. The average Bonchev–Trinajstić information content (AvgIpc) is 3.26. The predicted molar refractivity (Wildman–Crippen MR) is 235 cm³/mol. The number of methoxy groups -OCH3 is 4. The minimum Gasteiger partial charge on any atom is -0.497 e. The summed E-state index contributed by atoms with van der Waals surface area (Å²) >= 11 is 0. The van der Waals surface area contributed by atoms with E-state index >= 15 is 0 Å². The quantitative estimate of drug-likeness (QED) is 0.0386. The molecule has 57 heavy (non-hydrogen) atoms. The Labute approximate surface area is 345 Å². The third kappa shape index (κ3) is 17.6. The Bertz CT molecular complexity index is 1370. The van der Waals surface area contributed by atoms with Gasteiger partial charge in [-0.05, 0) is 162 Å². The van der Waals surface area contributed by atoms with Gasteiger partial charge in [0.1, 0.15) is 23.0 Å². The van der Waals surface area contributed by atoms with E-state index in [1.807, 2.05) is 48.5 Å². The molecule has 0 amide bonds. The van der Waals surface area contributed by atoms with Crippen molar-refractivity contribution in [3.05, 3.63) is 119 Å². The topological polar surface area (TPSA) is 75.6 Å². The van der Waals surface area contributed by atoms with E-state index in [1.54, 1.807) is 28.4 Å². The van der Waals surface area contributed by atoms with Crippen LogP contribution in [0.5, 0.6) is 23.0 Å². The van der Waals surface area contributed by atoms with Crippen LogP contribution in [0.15, 0.2) is 97.1 Å². The first-order valence-electron chi connectivity index (χ1n) is 21.0. The number of quaternary nitrogens is 1. The van der Waals surface area contributed by atoms with Gasteiger partial charge in [-0.2, -0.15) is 0 Å². The lowest BCUT2D eigenvalue weighted by atomic mass is 9.89. The molecule has 0 atom stereocenters. The van der Waals surface area contributed by atoms with E-state index in [4.69, 9.17) is 28.3 Å². The van der Waals surface area contributed by atoms with E-state index in [0.29, 0.717) is 25.0 Å². The molecule has 4 aromatic carbocycles. The molecule has 0 saturated heterocycles. The van der Waals surface area contributed by atoms with Crippen LogP contribution in [0.4, 0.5) is 0 Å². The van der Waals surface area contributed by atoms with Crippen LogP contribution in [0.2, 0.25) is 0 Å². The molecule has 312 valence electrons. The first-order valence-corrected chi connectivity index (χ1v) is 21.0. The molecule has 1 N–H and O–H groups in total. The molecule has 0 aliphatic rings. The third-order valence-electron chi connectivity index (χ3n) is 11.5. The lowest BCUT2D eigenvalue weighted by molar-refractivity contribution is -0.921. The Morgan fingerprint density at radius 1 is 0.439 bits per heavy atom. The van der Waals surface area contributed by atoms with Crippen LogP contribution in [0.1, 0.15) is 75.6 Å². The summed E-state index contributed by atoms with van der Waals surface area (Å²) in [7, 11) is 5.51. The fourth-order valence-corrected chi connectivity index (χ4v) is 7.43. The standard InChI is InChI=1S/C40H51BO7.C8H20N/c1-43-37-17-9-31(10-18-37)27-35(28-32-11-19-38(44-2)20-12-32)7-5-25-47-41(42)48-26-6-8-36(29-33-13-21-39(45-3)22-14-33)30-34-15-23-40(46-4)24-16-34;1-5-9(6-2,7-3)8-4/h9-24,35-36,42H,5-8,25-30H2,1-4H3;5-8H2,1-4H3/q;+1. The summed E-state index contributed by atoms with van der Waals surface area (Å²) in [6.07, 6.45) is 7.36. The van der Waals surface area contributed by atoms with Crippen molar-refractivity contribution in [2.75, 3.05) is 67.8 Å². The molecule has 0 fully saturated rings. The zero-order valence-corrected chi connectivity index (χ0v) is 36.2. The van der Waals surface area contributed by atoms with Crippen molar-refractivity contribution < 1.29 is 37.8 Å². The summed E-state index contributed by atoms with van der Waals surface area (Å²) < 4.78 is 33.9. The van der Waals surface area contributed by atoms with Crippen LogP contribution in [0.25, 0.3) is 0 Å². The molecule has 0 bridgehead atoms. The van der Waals surface area contributed by atoms with Crippen molar-refractivity contribution in [1.29, 1.82) is 0 Å². The van der Waals surface area contributed by atoms with Crippen LogP contribution < -0.4 is 18.9 Å². The second-order valence-electron chi connectivity index (χ2n) is 14.9. The van der Waals surface area contributed by atoms with Gasteiger partial charge in [0.15, 0.2) is 0 Å². The second-order valence-corrected chi connectivity index (χ2v) is 14.9. The molecule has 0 aliphatic heterocycles. The van der Waals surface area contributed by atoms with Gasteiger partial charge in [0.25, 0.3) is 0 Å². The number of rotatable bonds is 26. The molecular formula is C48H71BNO7+. The van der Waals surface area contributed by atoms with Gasteiger partial charge >= 0.3 is 7.32 Å². The zero-order valence-electron chi connectivity index (χ0n) is 36.2. The van der Waals surface area contributed by atoms with Gasteiger partial charge in [-0.15, -0.1) is 0 Å². The summed E-state index contributed by atoms with van der Waals surface area (Å²) in [6.45, 7) is 15.1. The highest BCUT2D eigenvalue weighted by Gasteiger charge is 2.19. The van der Waals surface area contributed by atoms with E-state index in [2.05, 4.69) is 76.2 Å². The first kappa shape index (κ1) is 47.4. The minimum atomic E-state index is -1.23. The largest absolute Gasteiger partial charge is 0.636 e. The van der Waals surface area contributed by atoms with Crippen molar-refractivity contribution in [2.24, 2.45) is 11.8 Å². The number of benzene rings is 4. The van der Waals surface area contributed by atoms with Crippen molar-refractivity contribution >= 4 is 7.32 Å². The molecule has 4 aromatic rings. The zero-order chi connectivity index (χ0) is 41.3. The number of nitrogens with zero attached hydrogens (tertiary/aromatic N) is 1. The molecule has 0 unspecified atom stereocenters. The van der Waals surface area contributed by atoms with E-state index < -0.39 is 7.32 Å². The molecule has 8 nitrogen and oxygen atoms in total. The SMILES string of the molecule is CC[N+](CC)(CC)CC.COc1ccc(CC(CCCOB(O)OCCCC(Cc2ccc(OC)cc2)Cc2ccc(OC)cc2)Cc2ccc(OC)cc2)cc1. The normalized spacial score (nSPS) is 11.3. The minimum absolute atomic E-state index is 0.418. The maximum Gasteiger partial charge on any atom is 0.636 e. The van der Waals surface area contributed by atoms with Crippen molar-refractivity contribution in [2.45, 2.75) is 79.1 Å². The average molecular weight is 785 g/mol. The number of ether oxygens (including phenoxy) is 4. The van der Waals surface area contributed by atoms with Crippen molar-refractivity contribution in [1.82, 2.24) is 0 Å². The lowest BCUT2D eigenvalue weighted by Gasteiger charge is -2.34. The van der Waals surface area contributed by atoms with Gasteiger partial charge in [0.2, 0.25) is 0 Å². The predicted octanol–water partition coefficient (Wildman–Crippen LogP) is 9.68. The Morgan fingerprint density at radius 2 is 0.684 bits per heavy atom. The maximum atomic E-state index is 10.4. The molecule has 0 radical (unpaired) electrons. The summed E-state index contributed by atoms with van der Waals surface area (Å²) in [5, 5.41) is 10.4. The van der Waals surface area contributed by atoms with E-state index in [0.717, 1.165) is 74.4 Å². The van der Waals surface area contributed by atoms with Crippen molar-refractivity contribution in [3.8, 4) is 23.0 Å². The van der Waals surface area contributed by atoms with Crippen LogP contribution >= 0.6 is 0 Å². The molecule has 0 aromatic heterocycles. The molecule has 0 spiro atoms. The summed E-state index contributed by atoms with van der Waals surface area (Å²) in [5.41, 5.74) is 5.10. The summed E-state index contributed by atoms with van der Waals surface area (Å²) in [5.74, 6) is 4.27.